The molecule has 2 rings (SSSR count). The lowest BCUT2D eigenvalue weighted by Gasteiger charge is -2.38. The van der Waals surface area contributed by atoms with Gasteiger partial charge in [-0.25, -0.2) is 0 Å². The summed E-state index contributed by atoms with van der Waals surface area (Å²) in [5.74, 6) is 0. The lowest BCUT2D eigenvalue weighted by atomic mass is 9.88. The van der Waals surface area contributed by atoms with Crippen molar-refractivity contribution in [1.82, 2.24) is 14.7 Å². The van der Waals surface area contributed by atoms with E-state index in [0.717, 1.165) is 51.1 Å². The summed E-state index contributed by atoms with van der Waals surface area (Å²) in [5.41, 5.74) is -0.00389. The third-order valence-corrected chi connectivity index (χ3v) is 4.08. The summed E-state index contributed by atoms with van der Waals surface area (Å²) in [6, 6.07) is 0. The average Bonchev–Trinajstić information content (AvgIpc) is 2.73. The van der Waals surface area contributed by atoms with Crippen LogP contribution < -0.4 is 0 Å². The maximum atomic E-state index is 10.9. The summed E-state index contributed by atoms with van der Waals surface area (Å²) in [4.78, 5) is 2.35. The second-order valence-corrected chi connectivity index (χ2v) is 5.44. The molecule has 0 amide bonds. The monoisotopic (exact) mass is 271 g/mol. The second kappa shape index (κ2) is 5.59. The van der Waals surface area contributed by atoms with Crippen LogP contribution in [-0.4, -0.2) is 39.4 Å². The molecule has 0 aromatic carbocycles. The van der Waals surface area contributed by atoms with E-state index in [2.05, 4.69) is 23.8 Å². The highest BCUT2D eigenvalue weighted by molar-refractivity contribution is 6.31. The number of likely N-dealkylation sites (tertiary alicyclic amines) is 1. The van der Waals surface area contributed by atoms with Gasteiger partial charge in [0.15, 0.2) is 0 Å². The highest BCUT2D eigenvalue weighted by Crippen LogP contribution is 2.36. The number of hydrogen-bond donors (Lipinski definition) is 1. The number of piperidine rings is 1. The van der Waals surface area contributed by atoms with Gasteiger partial charge in [0.25, 0.3) is 0 Å². The van der Waals surface area contributed by atoms with E-state index < -0.39 is 5.60 Å². The molecule has 1 aromatic heterocycles. The van der Waals surface area contributed by atoms with Crippen molar-refractivity contribution in [1.29, 1.82) is 0 Å². The molecule has 0 spiro atoms. The smallest absolute Gasteiger partial charge is 0.110 e. The van der Waals surface area contributed by atoms with Crippen molar-refractivity contribution in [2.75, 3.05) is 19.6 Å². The molecule has 102 valence electrons. The first-order valence-corrected chi connectivity index (χ1v) is 7.15. The average molecular weight is 272 g/mol. The summed E-state index contributed by atoms with van der Waals surface area (Å²) in [6.07, 6.45) is 4.10. The molecule has 1 saturated heterocycles. The Hall–Kier alpha value is -0.580. The van der Waals surface area contributed by atoms with Gasteiger partial charge in [-0.15, -0.1) is 0 Å². The number of aryl methyl sites for hydroxylation is 1. The Morgan fingerprint density at radius 3 is 2.61 bits per heavy atom. The zero-order valence-corrected chi connectivity index (χ0v) is 11.9. The van der Waals surface area contributed by atoms with Crippen LogP contribution in [-0.2, 0) is 12.1 Å². The van der Waals surface area contributed by atoms with Gasteiger partial charge in [0, 0.05) is 19.6 Å². The summed E-state index contributed by atoms with van der Waals surface area (Å²) in [6.45, 7) is 7.93. The van der Waals surface area contributed by atoms with E-state index in [9.17, 15) is 5.11 Å². The number of rotatable bonds is 4. The molecule has 18 heavy (non-hydrogen) atoms. The first-order valence-electron chi connectivity index (χ1n) is 6.77. The van der Waals surface area contributed by atoms with Crippen LogP contribution >= 0.6 is 11.6 Å². The summed E-state index contributed by atoms with van der Waals surface area (Å²) in [7, 11) is 0. The van der Waals surface area contributed by atoms with Crippen molar-refractivity contribution >= 4 is 11.6 Å². The van der Waals surface area contributed by atoms with Gasteiger partial charge < -0.3 is 10.0 Å². The number of nitrogens with zero attached hydrogens (tertiary/aromatic N) is 3. The minimum absolute atomic E-state index is 0.593. The van der Waals surface area contributed by atoms with Gasteiger partial charge in [-0.3, -0.25) is 4.68 Å². The molecule has 1 N–H and O–H groups in total. The molecular formula is C13H22ClN3O. The maximum absolute atomic E-state index is 10.9. The van der Waals surface area contributed by atoms with Crippen molar-refractivity contribution in [3.8, 4) is 0 Å². The van der Waals surface area contributed by atoms with Crippen molar-refractivity contribution in [2.45, 2.75) is 45.3 Å². The Labute approximate surface area is 114 Å². The highest BCUT2D eigenvalue weighted by atomic mass is 35.5. The van der Waals surface area contributed by atoms with E-state index in [0.29, 0.717) is 5.02 Å². The molecule has 0 unspecified atom stereocenters. The van der Waals surface area contributed by atoms with E-state index in [-0.39, 0.29) is 0 Å². The van der Waals surface area contributed by atoms with Gasteiger partial charge in [0.2, 0.25) is 0 Å². The zero-order chi connectivity index (χ0) is 13.2. The van der Waals surface area contributed by atoms with Crippen LogP contribution in [0.3, 0.4) is 0 Å². The van der Waals surface area contributed by atoms with E-state index >= 15 is 0 Å². The summed E-state index contributed by atoms with van der Waals surface area (Å²) < 4.78 is 1.87. The molecule has 1 aliphatic rings. The fourth-order valence-electron chi connectivity index (χ4n) is 2.68. The van der Waals surface area contributed by atoms with Crippen LogP contribution in [0, 0.1) is 0 Å². The normalized spacial score (nSPS) is 20.2. The van der Waals surface area contributed by atoms with E-state index in [1.54, 1.807) is 6.20 Å². The Kier molecular flexibility index (Phi) is 4.30. The topological polar surface area (TPSA) is 41.3 Å². The van der Waals surface area contributed by atoms with Gasteiger partial charge in [0.05, 0.1) is 16.9 Å². The minimum atomic E-state index is -0.811. The fraction of sp³-hybridized carbons (Fsp3) is 0.769. The largest absolute Gasteiger partial charge is 0.383 e. The third kappa shape index (κ3) is 2.56. The molecule has 2 heterocycles. The molecule has 0 radical (unpaired) electrons. The van der Waals surface area contributed by atoms with Gasteiger partial charge in [0.1, 0.15) is 5.60 Å². The molecule has 5 heteroatoms. The second-order valence-electron chi connectivity index (χ2n) is 5.03. The molecule has 1 fully saturated rings. The van der Waals surface area contributed by atoms with Gasteiger partial charge >= 0.3 is 0 Å². The summed E-state index contributed by atoms with van der Waals surface area (Å²) >= 11 is 6.22. The number of aliphatic hydroxyl groups is 1. The highest BCUT2D eigenvalue weighted by Gasteiger charge is 2.38. The van der Waals surface area contributed by atoms with Crippen molar-refractivity contribution in [2.24, 2.45) is 0 Å². The molecule has 0 bridgehead atoms. The Morgan fingerprint density at radius 2 is 2.06 bits per heavy atom. The molecule has 1 aliphatic heterocycles. The van der Waals surface area contributed by atoms with Crippen molar-refractivity contribution in [3.63, 3.8) is 0 Å². The molecular weight excluding hydrogens is 250 g/mol. The van der Waals surface area contributed by atoms with Crippen molar-refractivity contribution < 1.29 is 5.11 Å². The van der Waals surface area contributed by atoms with Crippen LogP contribution in [0.15, 0.2) is 6.20 Å². The third-order valence-electron chi connectivity index (χ3n) is 3.80. The molecule has 4 nitrogen and oxygen atoms in total. The predicted octanol–water partition coefficient (Wildman–Crippen LogP) is 2.25. The van der Waals surface area contributed by atoms with E-state index in [4.69, 9.17) is 11.6 Å². The summed E-state index contributed by atoms with van der Waals surface area (Å²) in [5, 5.41) is 15.7. The lowest BCUT2D eigenvalue weighted by molar-refractivity contribution is -0.0315. The quantitative estimate of drug-likeness (QED) is 0.913. The Morgan fingerprint density at radius 1 is 1.39 bits per heavy atom. The van der Waals surface area contributed by atoms with Crippen LogP contribution in [0.1, 0.15) is 38.8 Å². The first-order chi connectivity index (χ1) is 8.60. The fourth-order valence-corrected chi connectivity index (χ4v) is 3.00. The molecule has 0 atom stereocenters. The van der Waals surface area contributed by atoms with Crippen molar-refractivity contribution in [3.05, 3.63) is 16.9 Å². The zero-order valence-electron chi connectivity index (χ0n) is 11.2. The predicted molar refractivity (Wildman–Crippen MR) is 72.8 cm³/mol. The Bertz CT molecular complexity index is 397. The number of aromatic nitrogens is 2. The van der Waals surface area contributed by atoms with E-state index in [1.807, 2.05) is 4.68 Å². The maximum Gasteiger partial charge on any atom is 0.110 e. The number of hydrogen-bond acceptors (Lipinski definition) is 3. The van der Waals surface area contributed by atoms with Crippen LogP contribution in [0.4, 0.5) is 0 Å². The van der Waals surface area contributed by atoms with Crippen LogP contribution in [0.25, 0.3) is 0 Å². The molecule has 0 saturated carbocycles. The number of halogens is 1. The van der Waals surface area contributed by atoms with Gasteiger partial charge in [-0.2, -0.15) is 5.10 Å². The standard InChI is InChI=1S/C13H22ClN3O/c1-3-7-17-12(11(14)10-15-17)13(18)5-8-16(4-2)9-6-13/h10,18H,3-9H2,1-2H3. The van der Waals surface area contributed by atoms with Crippen LogP contribution in [0.2, 0.25) is 5.02 Å². The molecule has 1 aromatic rings. The first kappa shape index (κ1) is 13.8. The van der Waals surface area contributed by atoms with E-state index in [1.165, 1.54) is 0 Å². The molecule has 0 aliphatic carbocycles. The minimum Gasteiger partial charge on any atom is -0.383 e. The Balaban J connectivity index is 2.22. The lowest BCUT2D eigenvalue weighted by Crippen LogP contribution is -2.43. The van der Waals surface area contributed by atoms with Gasteiger partial charge in [-0.1, -0.05) is 25.4 Å². The van der Waals surface area contributed by atoms with Crippen LogP contribution in [0.5, 0.6) is 0 Å². The van der Waals surface area contributed by atoms with Gasteiger partial charge in [-0.05, 0) is 25.8 Å². The SMILES string of the molecule is CCCn1ncc(Cl)c1C1(O)CCN(CC)CC1.